The van der Waals surface area contributed by atoms with E-state index < -0.39 is 0 Å². The number of methoxy groups -OCH3 is 1. The number of rotatable bonds is 3. The summed E-state index contributed by atoms with van der Waals surface area (Å²) in [4.78, 5) is 0. The van der Waals surface area contributed by atoms with Crippen LogP contribution in [0.15, 0.2) is 0 Å². The standard InChI is InChI=1S/C4H8BrIO/c1-7-3-2-4(5)6/h4H,2-3H2,1H3. The molecular weight excluding hydrogens is 271 g/mol. The van der Waals surface area contributed by atoms with Crippen molar-refractivity contribution in [3.05, 3.63) is 0 Å². The zero-order valence-electron chi connectivity index (χ0n) is 4.16. The van der Waals surface area contributed by atoms with E-state index in [1.165, 1.54) is 0 Å². The Balaban J connectivity index is 2.68. The molecule has 0 amide bonds. The summed E-state index contributed by atoms with van der Waals surface area (Å²) < 4.78 is 5.38. The minimum absolute atomic E-state index is 0.560. The maximum atomic E-state index is 4.82. The van der Waals surface area contributed by atoms with E-state index in [2.05, 4.69) is 38.5 Å². The van der Waals surface area contributed by atoms with E-state index >= 15 is 0 Å². The number of ether oxygens (including phenoxy) is 1. The summed E-state index contributed by atoms with van der Waals surface area (Å²) in [6.07, 6.45) is 1.08. The first-order valence-electron chi connectivity index (χ1n) is 2.04. The minimum Gasteiger partial charge on any atom is -0.385 e. The van der Waals surface area contributed by atoms with Gasteiger partial charge in [-0.15, -0.1) is 0 Å². The smallest absolute Gasteiger partial charge is 0.0684 e. The third kappa shape index (κ3) is 7.17. The number of hydrogen-bond acceptors (Lipinski definition) is 1. The van der Waals surface area contributed by atoms with Crippen LogP contribution in [0.2, 0.25) is 0 Å². The van der Waals surface area contributed by atoms with E-state index in [0.29, 0.717) is 2.83 Å². The van der Waals surface area contributed by atoms with E-state index in [1.807, 2.05) is 0 Å². The highest BCUT2D eigenvalue weighted by Gasteiger charge is 1.93. The molecule has 0 heterocycles. The highest BCUT2D eigenvalue weighted by Crippen LogP contribution is 2.12. The van der Waals surface area contributed by atoms with E-state index in [1.54, 1.807) is 7.11 Å². The quantitative estimate of drug-likeness (QED) is 0.568. The summed E-state index contributed by atoms with van der Waals surface area (Å²) >= 11 is 5.68. The molecule has 0 aromatic rings. The predicted octanol–water partition coefficient (Wildman–Crippen LogP) is 2.18. The molecule has 0 saturated carbocycles. The summed E-state index contributed by atoms with van der Waals surface area (Å²) in [5.74, 6) is 0. The lowest BCUT2D eigenvalue weighted by Gasteiger charge is -1.96. The molecule has 1 atom stereocenters. The van der Waals surface area contributed by atoms with Gasteiger partial charge in [0.25, 0.3) is 0 Å². The second-order valence-electron chi connectivity index (χ2n) is 1.17. The zero-order chi connectivity index (χ0) is 5.70. The van der Waals surface area contributed by atoms with Crippen molar-refractivity contribution in [3.8, 4) is 0 Å². The molecule has 1 nitrogen and oxygen atoms in total. The van der Waals surface area contributed by atoms with Crippen LogP contribution in [0, 0.1) is 0 Å². The largest absolute Gasteiger partial charge is 0.385 e. The van der Waals surface area contributed by atoms with Crippen molar-refractivity contribution in [2.24, 2.45) is 0 Å². The Hall–Kier alpha value is 1.17. The monoisotopic (exact) mass is 278 g/mol. The van der Waals surface area contributed by atoms with Crippen molar-refractivity contribution >= 4 is 38.5 Å². The van der Waals surface area contributed by atoms with Crippen LogP contribution in [0.4, 0.5) is 0 Å². The fourth-order valence-electron chi connectivity index (χ4n) is 0.207. The second-order valence-corrected chi connectivity index (χ2v) is 5.49. The molecule has 0 aromatic carbocycles. The molecule has 0 spiro atoms. The molecule has 0 N–H and O–H groups in total. The Morgan fingerprint density at radius 2 is 2.43 bits per heavy atom. The van der Waals surface area contributed by atoms with Crippen LogP contribution in [-0.4, -0.2) is 16.6 Å². The van der Waals surface area contributed by atoms with E-state index in [0.717, 1.165) is 13.0 Å². The molecule has 1 unspecified atom stereocenters. The van der Waals surface area contributed by atoms with Gasteiger partial charge in [0.2, 0.25) is 0 Å². The Labute approximate surface area is 66.1 Å². The topological polar surface area (TPSA) is 9.23 Å². The molecule has 0 aliphatic heterocycles. The summed E-state index contributed by atoms with van der Waals surface area (Å²) in [6.45, 7) is 0.846. The van der Waals surface area contributed by atoms with Gasteiger partial charge in [0, 0.05) is 13.7 Å². The summed E-state index contributed by atoms with van der Waals surface area (Å²) in [5.41, 5.74) is 0. The average Bonchev–Trinajstić information content (AvgIpc) is 1.61. The maximum absolute atomic E-state index is 4.82. The molecule has 7 heavy (non-hydrogen) atoms. The van der Waals surface area contributed by atoms with Crippen LogP contribution >= 0.6 is 38.5 Å². The van der Waals surface area contributed by atoms with Crippen LogP contribution in [0.1, 0.15) is 6.42 Å². The lowest BCUT2D eigenvalue weighted by Crippen LogP contribution is -1.92. The van der Waals surface area contributed by atoms with Crippen molar-refractivity contribution in [1.82, 2.24) is 0 Å². The molecule has 0 aliphatic rings. The van der Waals surface area contributed by atoms with Gasteiger partial charge in [-0.05, 0) is 6.42 Å². The number of hydrogen-bond donors (Lipinski definition) is 0. The molecule has 0 rings (SSSR count). The summed E-state index contributed by atoms with van der Waals surface area (Å²) in [5, 5.41) is 0. The SMILES string of the molecule is COCCC(Br)I. The van der Waals surface area contributed by atoms with E-state index in [4.69, 9.17) is 4.74 Å². The summed E-state index contributed by atoms with van der Waals surface area (Å²) in [7, 11) is 1.71. The lowest BCUT2D eigenvalue weighted by atomic mass is 10.5. The molecular formula is C4H8BrIO. The Kier molecular flexibility index (Phi) is 6.20. The minimum atomic E-state index is 0.560. The first-order valence-corrected chi connectivity index (χ1v) is 4.20. The Morgan fingerprint density at radius 1 is 1.86 bits per heavy atom. The van der Waals surface area contributed by atoms with Crippen LogP contribution in [-0.2, 0) is 4.74 Å². The predicted molar refractivity (Wildman–Crippen MR) is 43.2 cm³/mol. The van der Waals surface area contributed by atoms with Gasteiger partial charge in [0.1, 0.15) is 0 Å². The Bertz CT molecular complexity index is 40.7. The Morgan fingerprint density at radius 3 is 2.57 bits per heavy atom. The van der Waals surface area contributed by atoms with Crippen LogP contribution in [0.5, 0.6) is 0 Å². The van der Waals surface area contributed by atoms with Crippen molar-refractivity contribution < 1.29 is 4.74 Å². The number of alkyl halides is 2. The van der Waals surface area contributed by atoms with Crippen molar-refractivity contribution in [3.63, 3.8) is 0 Å². The van der Waals surface area contributed by atoms with Crippen molar-refractivity contribution in [1.29, 1.82) is 0 Å². The number of halogens is 2. The average molecular weight is 279 g/mol. The van der Waals surface area contributed by atoms with Crippen molar-refractivity contribution in [2.45, 2.75) is 9.25 Å². The molecule has 0 fully saturated rings. The van der Waals surface area contributed by atoms with Crippen LogP contribution in [0.25, 0.3) is 0 Å². The fraction of sp³-hybridized carbons (Fsp3) is 1.00. The highest BCUT2D eigenvalue weighted by molar-refractivity contribution is 14.1. The van der Waals surface area contributed by atoms with E-state index in [9.17, 15) is 0 Å². The van der Waals surface area contributed by atoms with Crippen molar-refractivity contribution in [2.75, 3.05) is 13.7 Å². The van der Waals surface area contributed by atoms with Gasteiger partial charge in [-0.1, -0.05) is 38.5 Å². The third-order valence-electron chi connectivity index (χ3n) is 0.540. The molecule has 0 aliphatic carbocycles. The first-order chi connectivity index (χ1) is 3.27. The normalized spacial score (nSPS) is 14.1. The van der Waals surface area contributed by atoms with Gasteiger partial charge in [0.05, 0.1) is 2.83 Å². The molecule has 3 heteroatoms. The van der Waals surface area contributed by atoms with Gasteiger partial charge in [0.15, 0.2) is 0 Å². The maximum Gasteiger partial charge on any atom is 0.0684 e. The van der Waals surface area contributed by atoms with Gasteiger partial charge in [-0.2, -0.15) is 0 Å². The van der Waals surface area contributed by atoms with Gasteiger partial charge < -0.3 is 4.74 Å². The second kappa shape index (κ2) is 5.31. The third-order valence-corrected chi connectivity index (χ3v) is 1.62. The molecule has 0 radical (unpaired) electrons. The first kappa shape index (κ1) is 8.17. The molecule has 0 bridgehead atoms. The summed E-state index contributed by atoms with van der Waals surface area (Å²) in [6, 6.07) is 0. The molecule has 44 valence electrons. The van der Waals surface area contributed by atoms with Gasteiger partial charge in [-0.25, -0.2) is 0 Å². The molecule has 0 saturated heterocycles. The lowest BCUT2D eigenvalue weighted by molar-refractivity contribution is 0.199. The fourth-order valence-corrected chi connectivity index (χ4v) is 0.648. The van der Waals surface area contributed by atoms with Gasteiger partial charge >= 0.3 is 0 Å². The van der Waals surface area contributed by atoms with E-state index in [-0.39, 0.29) is 0 Å². The highest BCUT2D eigenvalue weighted by atomic mass is 127. The van der Waals surface area contributed by atoms with Crippen LogP contribution in [0.3, 0.4) is 0 Å². The van der Waals surface area contributed by atoms with Crippen LogP contribution < -0.4 is 0 Å². The van der Waals surface area contributed by atoms with Gasteiger partial charge in [-0.3, -0.25) is 0 Å². The zero-order valence-corrected chi connectivity index (χ0v) is 7.90. The molecule has 0 aromatic heterocycles.